The van der Waals surface area contributed by atoms with Gasteiger partial charge in [-0.25, -0.2) is 9.59 Å². The van der Waals surface area contributed by atoms with Gasteiger partial charge in [-0.15, -0.1) is 0 Å². The first-order valence-corrected chi connectivity index (χ1v) is 15.1. The molecule has 0 spiro atoms. The largest absolute Gasteiger partial charge is 0.505 e. The van der Waals surface area contributed by atoms with E-state index in [0.717, 1.165) is 21.9 Å². The third-order valence-electron chi connectivity index (χ3n) is 8.46. The highest BCUT2D eigenvalue weighted by Crippen LogP contribution is 2.38. The van der Waals surface area contributed by atoms with Crippen molar-refractivity contribution in [1.29, 1.82) is 0 Å². The Bertz CT molecular complexity index is 2110. The molecule has 248 valence electrons. The number of nitrogens with one attached hydrogen (secondary N) is 1. The number of benzene rings is 4. The molecule has 0 unspecified atom stereocenters. The van der Waals surface area contributed by atoms with Gasteiger partial charge in [0.2, 0.25) is 6.29 Å². The third kappa shape index (κ3) is 6.04. The molecule has 1 aromatic heterocycles. The molecule has 6 rings (SSSR count). The lowest BCUT2D eigenvalue weighted by Gasteiger charge is -2.47. The van der Waals surface area contributed by atoms with Crippen molar-refractivity contribution in [2.24, 2.45) is 5.73 Å². The van der Waals surface area contributed by atoms with Crippen LogP contribution in [0, 0.1) is 6.92 Å². The maximum Gasteiger partial charge on any atom is 0.404 e. The fourth-order valence-electron chi connectivity index (χ4n) is 6.07. The highest BCUT2D eigenvalue weighted by molar-refractivity contribution is 6.07. The lowest BCUT2D eigenvalue weighted by molar-refractivity contribution is -0.304. The molecule has 2 amide bonds. The normalized spacial score (nSPS) is 20.4. The van der Waals surface area contributed by atoms with Crippen LogP contribution in [0.15, 0.2) is 88.1 Å². The minimum absolute atomic E-state index is 0.0180. The molecular formula is C36H34N2O10. The van der Waals surface area contributed by atoms with E-state index in [1.807, 2.05) is 48.5 Å². The molecule has 12 heteroatoms. The maximum atomic E-state index is 13.3. The van der Waals surface area contributed by atoms with Crippen molar-refractivity contribution < 1.29 is 43.2 Å². The van der Waals surface area contributed by atoms with Crippen LogP contribution in [-0.2, 0) is 14.2 Å². The first-order valence-electron chi connectivity index (χ1n) is 15.1. The molecule has 2 heterocycles. The van der Waals surface area contributed by atoms with Gasteiger partial charge in [-0.3, -0.25) is 4.79 Å². The smallest absolute Gasteiger partial charge is 0.404 e. The fourth-order valence-corrected chi connectivity index (χ4v) is 6.07. The summed E-state index contributed by atoms with van der Waals surface area (Å²) in [6, 6.07) is 23.8. The molecule has 1 aliphatic heterocycles. The highest BCUT2D eigenvalue weighted by Gasteiger charge is 2.53. The van der Waals surface area contributed by atoms with Crippen molar-refractivity contribution in [1.82, 2.24) is 0 Å². The number of carbonyl (C=O) groups excluding carboxylic acids is 2. The number of methoxy groups -OCH3 is 1. The summed E-state index contributed by atoms with van der Waals surface area (Å²) in [7, 11) is 1.38. The molecule has 1 saturated heterocycles. The molecule has 5 N–H and O–H groups in total. The Morgan fingerprint density at radius 3 is 2.42 bits per heavy atom. The third-order valence-corrected chi connectivity index (χ3v) is 8.46. The average molecular weight is 655 g/mol. The van der Waals surface area contributed by atoms with Gasteiger partial charge in [0.1, 0.15) is 17.4 Å². The molecule has 0 aliphatic carbocycles. The van der Waals surface area contributed by atoms with Crippen LogP contribution in [0.25, 0.3) is 32.9 Å². The predicted molar refractivity (Wildman–Crippen MR) is 177 cm³/mol. The van der Waals surface area contributed by atoms with E-state index in [1.54, 1.807) is 39.0 Å². The number of nitrogens with two attached hydrogens (primary N) is 1. The van der Waals surface area contributed by atoms with Crippen LogP contribution in [-0.4, -0.2) is 59.5 Å². The standard InChI is InChI=1S/C36H34N2O10/c1-18-25(45-34-28(40)30(47-35(37)43)31(44-4)36(2,3)48-34)15-14-24-27(39)26(33(42)46-29(18)24)38-32(41)23-11-7-10-21(17-23)22-13-12-19-8-5-6-9-20(19)16-22/h5-17,28,30-31,34,39-40H,1-4H3,(H2,37,43)(H,38,41)/t28-,30+,31-,34-/m1/s1. The summed E-state index contributed by atoms with van der Waals surface area (Å²) < 4.78 is 28.1. The van der Waals surface area contributed by atoms with Crippen LogP contribution in [0.2, 0.25) is 0 Å². The lowest BCUT2D eigenvalue weighted by Crippen LogP contribution is -2.65. The van der Waals surface area contributed by atoms with E-state index in [2.05, 4.69) is 5.32 Å². The predicted octanol–water partition coefficient (Wildman–Crippen LogP) is 5.23. The molecule has 0 bridgehead atoms. The number of carbonyl (C=O) groups is 2. The second kappa shape index (κ2) is 12.6. The number of amides is 2. The molecule has 1 fully saturated rings. The summed E-state index contributed by atoms with van der Waals surface area (Å²) in [6.45, 7) is 4.91. The van der Waals surface area contributed by atoms with Gasteiger partial charge in [-0.1, -0.05) is 48.5 Å². The van der Waals surface area contributed by atoms with Crippen molar-refractivity contribution in [2.75, 3.05) is 12.4 Å². The molecule has 1 aliphatic rings. The highest BCUT2D eigenvalue weighted by atomic mass is 16.7. The number of primary amides is 1. The van der Waals surface area contributed by atoms with Gasteiger partial charge in [0, 0.05) is 18.2 Å². The summed E-state index contributed by atoms with van der Waals surface area (Å²) in [5.74, 6) is -0.979. The SMILES string of the molecule is CO[C@@H]1[C@@H](OC(N)=O)[C@@H](O)[C@H](Oc2ccc3c(O)c(NC(=O)c4cccc(-c5ccc6ccccc6c5)c4)c(=O)oc3c2C)OC1(C)C. The molecule has 4 aromatic carbocycles. The van der Waals surface area contributed by atoms with Crippen LogP contribution in [0.3, 0.4) is 0 Å². The van der Waals surface area contributed by atoms with Gasteiger partial charge in [0.15, 0.2) is 23.6 Å². The zero-order valence-corrected chi connectivity index (χ0v) is 26.6. The zero-order valence-electron chi connectivity index (χ0n) is 26.6. The van der Waals surface area contributed by atoms with Crippen molar-refractivity contribution in [3.8, 4) is 22.6 Å². The van der Waals surface area contributed by atoms with Gasteiger partial charge in [0.05, 0.1) is 11.0 Å². The van der Waals surface area contributed by atoms with Gasteiger partial charge in [0.25, 0.3) is 5.91 Å². The van der Waals surface area contributed by atoms with E-state index >= 15 is 0 Å². The Kier molecular flexibility index (Phi) is 8.56. The number of ether oxygens (including phenoxy) is 4. The van der Waals surface area contributed by atoms with Crippen molar-refractivity contribution in [2.45, 2.75) is 51.0 Å². The minimum Gasteiger partial charge on any atom is -0.505 e. The Morgan fingerprint density at radius 2 is 1.69 bits per heavy atom. The molecule has 12 nitrogen and oxygen atoms in total. The van der Waals surface area contributed by atoms with E-state index in [-0.39, 0.29) is 27.8 Å². The summed E-state index contributed by atoms with van der Waals surface area (Å²) in [5, 5.41) is 26.9. The maximum absolute atomic E-state index is 13.3. The van der Waals surface area contributed by atoms with E-state index in [9.17, 15) is 24.6 Å². The quantitative estimate of drug-likeness (QED) is 0.170. The summed E-state index contributed by atoms with van der Waals surface area (Å²) in [4.78, 5) is 38.0. The number of aryl methyl sites for hydroxylation is 1. The summed E-state index contributed by atoms with van der Waals surface area (Å²) in [5.41, 5.74) is 4.96. The molecule has 5 aromatic rings. The molecule has 0 saturated carbocycles. The first-order chi connectivity index (χ1) is 22.9. The van der Waals surface area contributed by atoms with E-state index in [1.165, 1.54) is 19.2 Å². The van der Waals surface area contributed by atoms with Crippen molar-refractivity contribution >= 4 is 39.4 Å². The van der Waals surface area contributed by atoms with Crippen LogP contribution in [0.5, 0.6) is 11.5 Å². The minimum atomic E-state index is -1.51. The molecular weight excluding hydrogens is 620 g/mol. The van der Waals surface area contributed by atoms with Gasteiger partial charge >= 0.3 is 11.7 Å². The Morgan fingerprint density at radius 1 is 0.958 bits per heavy atom. The number of aliphatic hydroxyl groups excluding tert-OH is 1. The Labute approximate surface area is 274 Å². The number of hydrogen-bond acceptors (Lipinski definition) is 10. The van der Waals surface area contributed by atoms with Gasteiger partial charge in [-0.2, -0.15) is 0 Å². The van der Waals surface area contributed by atoms with Crippen LogP contribution >= 0.6 is 0 Å². The van der Waals surface area contributed by atoms with Crippen LogP contribution in [0.4, 0.5) is 10.5 Å². The first kappa shape index (κ1) is 32.5. The lowest BCUT2D eigenvalue weighted by atomic mass is 9.89. The van der Waals surface area contributed by atoms with Crippen LogP contribution < -0.4 is 21.4 Å². The Balaban J connectivity index is 1.26. The fraction of sp³-hybridized carbons (Fsp3) is 0.250. The van der Waals surface area contributed by atoms with Gasteiger partial charge < -0.3 is 44.6 Å². The van der Waals surface area contributed by atoms with Crippen molar-refractivity contribution in [3.63, 3.8) is 0 Å². The Hall–Kier alpha value is -5.43. The number of rotatable bonds is 7. The summed E-state index contributed by atoms with van der Waals surface area (Å²) in [6.07, 6.45) is -6.07. The van der Waals surface area contributed by atoms with E-state index in [4.69, 9.17) is 29.1 Å². The van der Waals surface area contributed by atoms with Gasteiger partial charge in [-0.05, 0) is 73.0 Å². The second-order valence-corrected chi connectivity index (χ2v) is 12.0. The number of hydrogen-bond donors (Lipinski definition) is 4. The van der Waals surface area contributed by atoms with E-state index in [0.29, 0.717) is 0 Å². The number of fused-ring (bicyclic) bond motifs is 2. The number of aromatic hydroxyl groups is 1. The van der Waals surface area contributed by atoms with E-state index < -0.39 is 59.3 Å². The topological polar surface area (TPSA) is 180 Å². The molecule has 0 radical (unpaired) electrons. The number of anilines is 1. The monoisotopic (exact) mass is 654 g/mol. The molecule has 4 atom stereocenters. The molecule has 48 heavy (non-hydrogen) atoms. The van der Waals surface area contributed by atoms with Crippen LogP contribution in [0.1, 0.15) is 29.8 Å². The number of aliphatic hydroxyl groups is 1. The second-order valence-electron chi connectivity index (χ2n) is 12.0. The zero-order chi connectivity index (χ0) is 34.3. The van der Waals surface area contributed by atoms with Crippen molar-refractivity contribution in [3.05, 3.63) is 100 Å². The average Bonchev–Trinajstić information content (AvgIpc) is 3.06. The summed E-state index contributed by atoms with van der Waals surface area (Å²) >= 11 is 0.